The van der Waals surface area contributed by atoms with Crippen LogP contribution in [-0.4, -0.2) is 53.4 Å². The van der Waals surface area contributed by atoms with E-state index in [1.165, 1.54) is 81.5 Å². The van der Waals surface area contributed by atoms with Crippen LogP contribution in [0, 0.1) is 5.92 Å². The van der Waals surface area contributed by atoms with Gasteiger partial charge in [0.25, 0.3) is 0 Å². The summed E-state index contributed by atoms with van der Waals surface area (Å²) in [5.41, 5.74) is 3.85. The summed E-state index contributed by atoms with van der Waals surface area (Å²) in [6.45, 7) is 8.93. The average molecular weight is 403 g/mol. The average Bonchev–Trinajstić information content (AvgIpc) is 3.07. The van der Waals surface area contributed by atoms with Crippen LogP contribution in [0.15, 0.2) is 4.99 Å². The van der Waals surface area contributed by atoms with Crippen LogP contribution in [0.3, 0.4) is 0 Å². The van der Waals surface area contributed by atoms with Gasteiger partial charge in [-0.15, -0.1) is 0 Å². The number of nitrogens with one attached hydrogen (secondary N) is 2. The number of rotatable bonds is 7. The molecule has 0 unspecified atom stereocenters. The number of aromatic nitrogens is 2. The van der Waals surface area contributed by atoms with Crippen molar-refractivity contribution in [2.24, 2.45) is 18.0 Å². The molecular weight excluding hydrogens is 360 g/mol. The lowest BCUT2D eigenvalue weighted by Crippen LogP contribution is -2.49. The van der Waals surface area contributed by atoms with E-state index in [4.69, 9.17) is 0 Å². The quantitative estimate of drug-likeness (QED) is 0.543. The fourth-order valence-electron chi connectivity index (χ4n) is 5.15. The molecule has 2 fully saturated rings. The topological polar surface area (TPSA) is 57.5 Å². The predicted molar refractivity (Wildman–Crippen MR) is 121 cm³/mol. The van der Waals surface area contributed by atoms with E-state index in [2.05, 4.69) is 46.5 Å². The molecule has 164 valence electrons. The van der Waals surface area contributed by atoms with Crippen LogP contribution in [0.1, 0.15) is 75.7 Å². The van der Waals surface area contributed by atoms with Crippen LogP contribution in [-0.2, 0) is 26.4 Å². The molecule has 0 spiro atoms. The van der Waals surface area contributed by atoms with Crippen molar-refractivity contribution in [2.75, 3.05) is 26.7 Å². The molecule has 1 aromatic rings. The Hall–Kier alpha value is -1.56. The first-order chi connectivity index (χ1) is 14.1. The van der Waals surface area contributed by atoms with Crippen molar-refractivity contribution in [1.29, 1.82) is 0 Å². The van der Waals surface area contributed by atoms with Gasteiger partial charge in [0.2, 0.25) is 0 Å². The molecule has 1 aliphatic heterocycles. The highest BCUT2D eigenvalue weighted by molar-refractivity contribution is 5.80. The minimum Gasteiger partial charge on any atom is -0.354 e. The molecule has 6 nitrogen and oxygen atoms in total. The Kier molecular flexibility index (Phi) is 8.40. The zero-order valence-corrected chi connectivity index (χ0v) is 19.1. The van der Waals surface area contributed by atoms with Crippen molar-refractivity contribution in [3.05, 3.63) is 17.0 Å². The summed E-state index contributed by atoms with van der Waals surface area (Å²) >= 11 is 0. The van der Waals surface area contributed by atoms with Crippen LogP contribution in [0.25, 0.3) is 0 Å². The highest BCUT2D eigenvalue weighted by Gasteiger charge is 2.23. The smallest absolute Gasteiger partial charge is 0.191 e. The summed E-state index contributed by atoms with van der Waals surface area (Å²) in [5.74, 6) is 1.87. The molecule has 29 heavy (non-hydrogen) atoms. The van der Waals surface area contributed by atoms with Crippen molar-refractivity contribution in [1.82, 2.24) is 25.3 Å². The number of piperidine rings is 1. The Labute approximate surface area is 177 Å². The predicted octanol–water partition coefficient (Wildman–Crippen LogP) is 3.25. The van der Waals surface area contributed by atoms with Gasteiger partial charge in [-0.25, -0.2) is 0 Å². The minimum absolute atomic E-state index is 0.522. The van der Waals surface area contributed by atoms with Crippen molar-refractivity contribution in [3.8, 4) is 0 Å². The van der Waals surface area contributed by atoms with Gasteiger partial charge in [0.15, 0.2) is 5.96 Å². The van der Waals surface area contributed by atoms with Gasteiger partial charge in [-0.3, -0.25) is 9.67 Å². The number of nitrogens with zero attached hydrogens (tertiary/aromatic N) is 4. The van der Waals surface area contributed by atoms with Crippen LogP contribution < -0.4 is 10.6 Å². The molecule has 1 saturated heterocycles. The number of hydrogen-bond donors (Lipinski definition) is 2. The second-order valence-electron chi connectivity index (χ2n) is 8.85. The van der Waals surface area contributed by atoms with E-state index in [1.807, 2.05) is 11.7 Å². The first-order valence-electron chi connectivity index (χ1n) is 11.9. The monoisotopic (exact) mass is 402 g/mol. The van der Waals surface area contributed by atoms with Crippen LogP contribution in [0.5, 0.6) is 0 Å². The van der Waals surface area contributed by atoms with Crippen molar-refractivity contribution in [3.63, 3.8) is 0 Å². The lowest BCUT2D eigenvalue weighted by molar-refractivity contribution is 0.160. The summed E-state index contributed by atoms with van der Waals surface area (Å²) in [4.78, 5) is 7.18. The van der Waals surface area contributed by atoms with E-state index in [9.17, 15) is 0 Å². The molecule has 0 atom stereocenters. The van der Waals surface area contributed by atoms with Crippen molar-refractivity contribution < 1.29 is 0 Å². The number of guanidine groups is 1. The second kappa shape index (κ2) is 11.0. The lowest BCUT2D eigenvalue weighted by Gasteiger charge is -2.36. The third-order valence-electron chi connectivity index (χ3n) is 6.85. The molecule has 0 radical (unpaired) electrons. The largest absolute Gasteiger partial charge is 0.354 e. The molecule has 2 N–H and O–H groups in total. The molecule has 2 aliphatic rings. The fourth-order valence-corrected chi connectivity index (χ4v) is 5.15. The Morgan fingerprint density at radius 1 is 1.07 bits per heavy atom. The van der Waals surface area contributed by atoms with Gasteiger partial charge in [-0.05, 0) is 44.4 Å². The van der Waals surface area contributed by atoms with Crippen LogP contribution >= 0.6 is 0 Å². The molecule has 1 saturated carbocycles. The van der Waals surface area contributed by atoms with E-state index in [-0.39, 0.29) is 0 Å². The maximum absolute atomic E-state index is 4.69. The summed E-state index contributed by atoms with van der Waals surface area (Å²) in [5, 5.41) is 11.9. The molecule has 1 aliphatic carbocycles. The normalized spacial score (nSPS) is 20.2. The summed E-state index contributed by atoms with van der Waals surface area (Å²) < 4.78 is 2.04. The van der Waals surface area contributed by atoms with E-state index in [1.54, 1.807) is 0 Å². The minimum atomic E-state index is 0.522. The summed E-state index contributed by atoms with van der Waals surface area (Å²) in [6, 6.07) is 0.522. The fraction of sp³-hybridized carbons (Fsp3) is 0.826. The molecule has 0 bridgehead atoms. The van der Waals surface area contributed by atoms with Gasteiger partial charge in [0, 0.05) is 57.6 Å². The van der Waals surface area contributed by atoms with Gasteiger partial charge in [-0.1, -0.05) is 33.1 Å². The van der Waals surface area contributed by atoms with Gasteiger partial charge in [0.1, 0.15) is 0 Å². The second-order valence-corrected chi connectivity index (χ2v) is 8.85. The maximum Gasteiger partial charge on any atom is 0.191 e. The third-order valence-corrected chi connectivity index (χ3v) is 6.85. The van der Waals surface area contributed by atoms with Gasteiger partial charge in [0.05, 0.1) is 5.69 Å². The standard InChI is InChI=1S/C23H42N6/c1-5-21-20(22(6-2)28(4)27-21)16-25-23(24-3)26-19-12-14-29(15-13-19)17-18-10-8-7-9-11-18/h18-19H,5-17H2,1-4H3,(H2,24,25,26). The third kappa shape index (κ3) is 5.97. The molecule has 1 aromatic heterocycles. The summed E-state index contributed by atoms with van der Waals surface area (Å²) in [7, 11) is 3.92. The number of hydrogen-bond acceptors (Lipinski definition) is 3. The van der Waals surface area contributed by atoms with Gasteiger partial charge >= 0.3 is 0 Å². The molecule has 0 aromatic carbocycles. The maximum atomic E-state index is 4.69. The van der Waals surface area contributed by atoms with E-state index in [0.717, 1.165) is 31.3 Å². The number of aryl methyl sites for hydroxylation is 2. The van der Waals surface area contributed by atoms with Crippen LogP contribution in [0.2, 0.25) is 0 Å². The first kappa shape index (κ1) is 22.1. The highest BCUT2D eigenvalue weighted by Crippen LogP contribution is 2.25. The SMILES string of the molecule is CCc1nn(C)c(CC)c1CNC(=NC)NC1CCN(CC2CCCCC2)CC1. The Morgan fingerprint density at radius 3 is 2.41 bits per heavy atom. The molecular formula is C23H42N6. The molecule has 3 rings (SSSR count). The Balaban J connectivity index is 1.45. The van der Waals surface area contributed by atoms with Crippen molar-refractivity contribution in [2.45, 2.75) is 84.2 Å². The Morgan fingerprint density at radius 2 is 1.79 bits per heavy atom. The number of aliphatic imine (C=N–C) groups is 1. The van der Waals surface area contributed by atoms with Gasteiger partial charge < -0.3 is 15.5 Å². The Bertz CT molecular complexity index is 651. The molecule has 2 heterocycles. The summed E-state index contributed by atoms with van der Waals surface area (Å²) in [6.07, 6.45) is 11.6. The zero-order valence-electron chi connectivity index (χ0n) is 19.1. The van der Waals surface area contributed by atoms with Crippen molar-refractivity contribution >= 4 is 5.96 Å². The van der Waals surface area contributed by atoms with E-state index >= 15 is 0 Å². The lowest BCUT2D eigenvalue weighted by atomic mass is 9.88. The van der Waals surface area contributed by atoms with Crippen LogP contribution in [0.4, 0.5) is 0 Å². The van der Waals surface area contributed by atoms with Gasteiger partial charge in [-0.2, -0.15) is 5.10 Å². The number of likely N-dealkylation sites (tertiary alicyclic amines) is 1. The zero-order chi connectivity index (χ0) is 20.6. The molecule has 6 heteroatoms. The van der Waals surface area contributed by atoms with E-state index < -0.39 is 0 Å². The highest BCUT2D eigenvalue weighted by atomic mass is 15.3. The first-order valence-corrected chi connectivity index (χ1v) is 11.9. The van der Waals surface area contributed by atoms with E-state index in [0.29, 0.717) is 6.04 Å². The molecule has 0 amide bonds.